The van der Waals surface area contributed by atoms with Crippen LogP contribution in [0.25, 0.3) is 11.0 Å². The highest BCUT2D eigenvalue weighted by Gasteiger charge is 1.95. The van der Waals surface area contributed by atoms with Crippen LogP contribution in [0, 0.1) is 6.92 Å². The Kier molecular flexibility index (Phi) is 1.01. The fourth-order valence-electron chi connectivity index (χ4n) is 0.922. The number of hydrogen-bond donors (Lipinski definition) is 0. The zero-order valence-electron chi connectivity index (χ0n) is 5.37. The Morgan fingerprint density at radius 3 is 3.20 bits per heavy atom. The van der Waals surface area contributed by atoms with Crippen LogP contribution in [0.3, 0.4) is 0 Å². The lowest BCUT2D eigenvalue weighted by molar-refractivity contribution is 0.456. The summed E-state index contributed by atoms with van der Waals surface area (Å²) in [6.45, 7) is 3.78. The average Bonchev–Trinajstić information content (AvgIpc) is 2.33. The first-order chi connectivity index (χ1) is 4.86. The van der Waals surface area contributed by atoms with Crippen LogP contribution in [0.1, 0.15) is 5.56 Å². The molecule has 0 amide bonds. The summed E-state index contributed by atoms with van der Waals surface area (Å²) in [6, 6.07) is 5.70. The summed E-state index contributed by atoms with van der Waals surface area (Å²) in [7, 11) is 0. The second-order valence-electron chi connectivity index (χ2n) is 2.20. The van der Waals surface area contributed by atoms with Gasteiger partial charge >= 0.3 is 0 Å². The molecule has 49 valence electrons. The number of benzene rings is 1. The van der Waals surface area contributed by atoms with E-state index in [4.69, 9.17) is 4.52 Å². The molecule has 1 heterocycles. The summed E-state index contributed by atoms with van der Waals surface area (Å²) in [4.78, 5) is 0. The molecule has 2 heteroatoms. The largest absolute Gasteiger partial charge is 0.356 e. The lowest BCUT2D eigenvalue weighted by atomic mass is 10.2. The molecule has 1 radical (unpaired) electrons. The van der Waals surface area contributed by atoms with Crippen LogP contribution in [0.5, 0.6) is 0 Å². The maximum Gasteiger partial charge on any atom is 0.166 e. The van der Waals surface area contributed by atoms with Crippen molar-refractivity contribution in [3.8, 4) is 0 Å². The summed E-state index contributed by atoms with van der Waals surface area (Å²) in [5, 5.41) is 4.65. The maximum atomic E-state index is 4.90. The molecule has 2 rings (SSSR count). The summed E-state index contributed by atoms with van der Waals surface area (Å²) < 4.78 is 4.90. The SMILES string of the molecule is [CH2]c1ccc2oncc2c1. The van der Waals surface area contributed by atoms with Gasteiger partial charge in [-0.15, -0.1) is 0 Å². The smallest absolute Gasteiger partial charge is 0.166 e. The predicted octanol–water partition coefficient (Wildman–Crippen LogP) is 2.01. The summed E-state index contributed by atoms with van der Waals surface area (Å²) in [6.07, 6.45) is 1.68. The molecular weight excluding hydrogens is 126 g/mol. The first-order valence-corrected chi connectivity index (χ1v) is 3.03. The molecular formula is C8H6NO. The molecule has 10 heavy (non-hydrogen) atoms. The minimum atomic E-state index is 0.812. The Hall–Kier alpha value is -1.31. The summed E-state index contributed by atoms with van der Waals surface area (Å²) in [5.41, 5.74) is 1.79. The van der Waals surface area contributed by atoms with Crippen molar-refractivity contribution in [2.75, 3.05) is 0 Å². The van der Waals surface area contributed by atoms with Gasteiger partial charge in [0.2, 0.25) is 0 Å². The van der Waals surface area contributed by atoms with E-state index in [0.717, 1.165) is 16.5 Å². The van der Waals surface area contributed by atoms with Gasteiger partial charge in [0.05, 0.1) is 6.20 Å². The van der Waals surface area contributed by atoms with E-state index >= 15 is 0 Å². The van der Waals surface area contributed by atoms with Crippen molar-refractivity contribution in [2.24, 2.45) is 0 Å². The first kappa shape index (κ1) is 5.47. The molecule has 0 aliphatic heterocycles. The van der Waals surface area contributed by atoms with Gasteiger partial charge in [-0.1, -0.05) is 11.2 Å². The van der Waals surface area contributed by atoms with Crippen LogP contribution in [0.4, 0.5) is 0 Å². The minimum Gasteiger partial charge on any atom is -0.356 e. The monoisotopic (exact) mass is 132 g/mol. The van der Waals surface area contributed by atoms with Crippen LogP contribution in [0.2, 0.25) is 0 Å². The molecule has 0 fully saturated rings. The number of fused-ring (bicyclic) bond motifs is 1. The van der Waals surface area contributed by atoms with E-state index in [1.807, 2.05) is 18.2 Å². The Morgan fingerprint density at radius 1 is 1.40 bits per heavy atom. The van der Waals surface area contributed by atoms with Crippen LogP contribution >= 0.6 is 0 Å². The Bertz CT molecular complexity index is 351. The van der Waals surface area contributed by atoms with Crippen molar-refractivity contribution in [3.63, 3.8) is 0 Å². The predicted molar refractivity (Wildman–Crippen MR) is 38.5 cm³/mol. The van der Waals surface area contributed by atoms with E-state index in [1.54, 1.807) is 6.20 Å². The standard InChI is InChI=1S/C8H6NO/c1-6-2-3-8-7(4-6)5-9-10-8/h2-5H,1H2. The van der Waals surface area contributed by atoms with E-state index in [2.05, 4.69) is 12.1 Å². The van der Waals surface area contributed by atoms with Gasteiger partial charge in [0, 0.05) is 5.39 Å². The fourth-order valence-corrected chi connectivity index (χ4v) is 0.922. The van der Waals surface area contributed by atoms with Gasteiger partial charge in [-0.25, -0.2) is 0 Å². The Labute approximate surface area is 58.4 Å². The van der Waals surface area contributed by atoms with Crippen LogP contribution < -0.4 is 0 Å². The van der Waals surface area contributed by atoms with E-state index in [9.17, 15) is 0 Å². The molecule has 1 aromatic heterocycles. The second kappa shape index (κ2) is 1.84. The molecule has 2 aromatic rings. The third-order valence-corrected chi connectivity index (χ3v) is 1.42. The van der Waals surface area contributed by atoms with Gasteiger partial charge in [0.25, 0.3) is 0 Å². The molecule has 1 aromatic carbocycles. The summed E-state index contributed by atoms with van der Waals surface area (Å²) >= 11 is 0. The molecule has 0 aliphatic carbocycles. The van der Waals surface area contributed by atoms with Crippen molar-refractivity contribution < 1.29 is 4.52 Å². The van der Waals surface area contributed by atoms with Crippen molar-refractivity contribution in [1.82, 2.24) is 5.16 Å². The van der Waals surface area contributed by atoms with Crippen molar-refractivity contribution in [2.45, 2.75) is 0 Å². The first-order valence-electron chi connectivity index (χ1n) is 3.03. The van der Waals surface area contributed by atoms with Gasteiger partial charge in [0.15, 0.2) is 5.58 Å². The lowest BCUT2D eigenvalue weighted by Gasteiger charge is -1.87. The van der Waals surface area contributed by atoms with E-state index in [1.165, 1.54) is 0 Å². The van der Waals surface area contributed by atoms with Crippen LogP contribution in [-0.4, -0.2) is 5.16 Å². The van der Waals surface area contributed by atoms with E-state index in [-0.39, 0.29) is 0 Å². The third kappa shape index (κ3) is 0.692. The second-order valence-corrected chi connectivity index (χ2v) is 2.20. The normalized spacial score (nSPS) is 10.5. The fraction of sp³-hybridized carbons (Fsp3) is 0. The highest BCUT2D eigenvalue weighted by atomic mass is 16.5. The van der Waals surface area contributed by atoms with Gasteiger partial charge < -0.3 is 4.52 Å². The highest BCUT2D eigenvalue weighted by molar-refractivity contribution is 5.76. The van der Waals surface area contributed by atoms with Gasteiger partial charge in [0.1, 0.15) is 0 Å². The topological polar surface area (TPSA) is 26.0 Å². The van der Waals surface area contributed by atoms with Gasteiger partial charge in [-0.3, -0.25) is 0 Å². The molecule has 2 nitrogen and oxygen atoms in total. The molecule has 0 unspecified atom stereocenters. The van der Waals surface area contributed by atoms with Crippen LogP contribution in [0.15, 0.2) is 28.9 Å². The van der Waals surface area contributed by atoms with Crippen molar-refractivity contribution >= 4 is 11.0 Å². The molecule has 0 N–H and O–H groups in total. The Morgan fingerprint density at radius 2 is 2.30 bits per heavy atom. The van der Waals surface area contributed by atoms with Crippen molar-refractivity contribution in [3.05, 3.63) is 36.9 Å². The number of hydrogen-bond acceptors (Lipinski definition) is 2. The number of rotatable bonds is 0. The zero-order valence-corrected chi connectivity index (χ0v) is 5.37. The molecule has 0 saturated heterocycles. The summed E-state index contributed by atoms with van der Waals surface area (Å²) in [5.74, 6) is 0. The number of nitrogens with zero attached hydrogens (tertiary/aromatic N) is 1. The molecule has 0 bridgehead atoms. The van der Waals surface area contributed by atoms with E-state index < -0.39 is 0 Å². The van der Waals surface area contributed by atoms with Gasteiger partial charge in [-0.2, -0.15) is 0 Å². The molecule has 0 aliphatic rings. The molecule has 0 spiro atoms. The molecule has 0 saturated carbocycles. The highest BCUT2D eigenvalue weighted by Crippen LogP contribution is 2.13. The van der Waals surface area contributed by atoms with E-state index in [0.29, 0.717) is 0 Å². The average molecular weight is 132 g/mol. The molecule has 0 atom stereocenters. The lowest BCUT2D eigenvalue weighted by Crippen LogP contribution is -1.67. The van der Waals surface area contributed by atoms with Crippen molar-refractivity contribution in [1.29, 1.82) is 0 Å². The maximum absolute atomic E-state index is 4.90. The third-order valence-electron chi connectivity index (χ3n) is 1.42. The van der Waals surface area contributed by atoms with Crippen LogP contribution in [-0.2, 0) is 0 Å². The van der Waals surface area contributed by atoms with Gasteiger partial charge in [-0.05, 0) is 24.6 Å². The Balaban J connectivity index is 2.86. The quantitative estimate of drug-likeness (QED) is 0.548. The zero-order chi connectivity index (χ0) is 6.97. The number of aromatic nitrogens is 1. The minimum absolute atomic E-state index is 0.812.